The molecule has 1 fully saturated rings. The molecular weight excluding hydrogens is 402 g/mol. The second kappa shape index (κ2) is 9.70. The molecule has 1 aliphatic rings. The summed E-state index contributed by atoms with van der Waals surface area (Å²) in [5, 5.41) is 11.2. The first-order chi connectivity index (χ1) is 15.1. The van der Waals surface area contributed by atoms with Gasteiger partial charge in [-0.15, -0.1) is 0 Å². The van der Waals surface area contributed by atoms with Gasteiger partial charge < -0.3 is 14.7 Å². The number of rotatable bonds is 7. The number of ether oxygens (including phenoxy) is 1. The maximum absolute atomic E-state index is 13.1. The number of carbonyl (C=O) groups excluding carboxylic acids is 2. The maximum Gasteiger partial charge on any atom is 0.295 e. The van der Waals surface area contributed by atoms with Gasteiger partial charge in [-0.2, -0.15) is 0 Å². The fraction of sp³-hybridized carbons (Fsp3) is 0.407. The number of aryl methyl sites for hydroxylation is 2. The summed E-state index contributed by atoms with van der Waals surface area (Å²) in [6.07, 6.45) is 0.0196. The minimum atomic E-state index is -0.664. The van der Waals surface area contributed by atoms with Crippen molar-refractivity contribution in [3.05, 3.63) is 75.9 Å². The van der Waals surface area contributed by atoms with E-state index in [0.717, 1.165) is 16.7 Å². The molecule has 0 aliphatic carbocycles. The number of ketones is 1. The van der Waals surface area contributed by atoms with E-state index in [0.29, 0.717) is 18.1 Å². The van der Waals surface area contributed by atoms with E-state index >= 15 is 0 Å². The summed E-state index contributed by atoms with van der Waals surface area (Å²) in [6, 6.07) is 12.8. The summed E-state index contributed by atoms with van der Waals surface area (Å²) in [5.74, 6) is -1.05. The molecule has 0 saturated carbocycles. The first-order valence-corrected chi connectivity index (χ1v) is 11.2. The predicted octanol–water partition coefficient (Wildman–Crippen LogP) is 5.27. The number of Topliss-reactive ketones (excluding diaryl/α,β-unsaturated/α-hetero) is 1. The molecule has 1 N–H and O–H groups in total. The van der Waals surface area contributed by atoms with Crippen LogP contribution in [0.15, 0.2) is 48.0 Å². The van der Waals surface area contributed by atoms with Gasteiger partial charge in [0.2, 0.25) is 0 Å². The van der Waals surface area contributed by atoms with Crippen molar-refractivity contribution in [1.29, 1.82) is 0 Å². The lowest BCUT2D eigenvalue weighted by Gasteiger charge is -2.26. The van der Waals surface area contributed by atoms with Gasteiger partial charge in [0, 0.05) is 12.1 Å². The Morgan fingerprint density at radius 1 is 1.00 bits per heavy atom. The maximum atomic E-state index is 13.1. The predicted molar refractivity (Wildman–Crippen MR) is 127 cm³/mol. The van der Waals surface area contributed by atoms with Crippen LogP contribution in [0.25, 0.3) is 5.76 Å². The molecule has 1 atom stereocenters. The molecule has 1 amide bonds. The molecule has 0 aromatic heterocycles. The third-order valence-electron chi connectivity index (χ3n) is 6.02. The monoisotopic (exact) mass is 435 g/mol. The van der Waals surface area contributed by atoms with Crippen LogP contribution in [-0.2, 0) is 14.3 Å². The zero-order chi connectivity index (χ0) is 23.6. The Morgan fingerprint density at radius 2 is 1.66 bits per heavy atom. The van der Waals surface area contributed by atoms with Crippen LogP contribution < -0.4 is 0 Å². The third kappa shape index (κ3) is 4.78. The molecule has 170 valence electrons. The second-order valence-corrected chi connectivity index (χ2v) is 9.03. The minimum absolute atomic E-state index is 0.0196. The van der Waals surface area contributed by atoms with Crippen molar-refractivity contribution in [3.63, 3.8) is 0 Å². The number of aliphatic hydroxyl groups excluding tert-OH is 1. The van der Waals surface area contributed by atoms with Gasteiger partial charge in [-0.25, -0.2) is 0 Å². The Kier molecular flexibility index (Phi) is 7.19. The fourth-order valence-electron chi connectivity index (χ4n) is 3.95. The van der Waals surface area contributed by atoms with Crippen molar-refractivity contribution in [3.8, 4) is 0 Å². The molecule has 1 saturated heterocycles. The van der Waals surface area contributed by atoms with Gasteiger partial charge in [0.15, 0.2) is 0 Å². The summed E-state index contributed by atoms with van der Waals surface area (Å²) in [7, 11) is 0. The van der Waals surface area contributed by atoms with Crippen molar-refractivity contribution in [1.82, 2.24) is 4.90 Å². The van der Waals surface area contributed by atoms with E-state index in [9.17, 15) is 14.7 Å². The van der Waals surface area contributed by atoms with Crippen molar-refractivity contribution in [2.75, 3.05) is 13.2 Å². The van der Waals surface area contributed by atoms with Gasteiger partial charge in [0.05, 0.1) is 24.3 Å². The van der Waals surface area contributed by atoms with Crippen molar-refractivity contribution in [2.24, 2.45) is 0 Å². The molecule has 0 spiro atoms. The van der Waals surface area contributed by atoms with E-state index in [2.05, 4.69) is 13.8 Å². The average molecular weight is 436 g/mol. The van der Waals surface area contributed by atoms with Gasteiger partial charge in [-0.1, -0.05) is 50.2 Å². The highest BCUT2D eigenvalue weighted by Crippen LogP contribution is 2.39. The topological polar surface area (TPSA) is 66.8 Å². The quantitative estimate of drug-likeness (QED) is 0.365. The Hall–Kier alpha value is -2.92. The largest absolute Gasteiger partial charge is 0.507 e. The highest BCUT2D eigenvalue weighted by molar-refractivity contribution is 6.46. The standard InChI is InChI=1S/C27H33NO4/c1-16(2)20-9-11-21(12-10-20)24-23(25(29)22-8-7-18(5)19(6)15-22)26(30)27(31)28(24)13-14-32-17(3)4/h7-12,15-17,24,29H,13-14H2,1-6H3/b25-23-. The molecule has 32 heavy (non-hydrogen) atoms. The molecule has 1 aliphatic heterocycles. The van der Waals surface area contributed by atoms with E-state index in [-0.39, 0.29) is 24.0 Å². The van der Waals surface area contributed by atoms with E-state index in [1.165, 1.54) is 10.5 Å². The molecule has 5 heteroatoms. The van der Waals surface area contributed by atoms with Gasteiger partial charge in [0.25, 0.3) is 11.7 Å². The zero-order valence-corrected chi connectivity index (χ0v) is 19.8. The number of benzene rings is 2. The molecular formula is C27H33NO4. The molecule has 0 radical (unpaired) electrons. The van der Waals surface area contributed by atoms with Crippen molar-refractivity contribution in [2.45, 2.75) is 59.6 Å². The summed E-state index contributed by atoms with van der Waals surface area (Å²) in [5.41, 5.74) is 4.72. The average Bonchev–Trinajstić information content (AvgIpc) is 3.00. The first-order valence-electron chi connectivity index (χ1n) is 11.2. The van der Waals surface area contributed by atoms with Crippen LogP contribution in [0.3, 0.4) is 0 Å². The molecule has 1 heterocycles. The summed E-state index contributed by atoms with van der Waals surface area (Å²) in [4.78, 5) is 27.6. The number of hydrogen-bond donors (Lipinski definition) is 1. The minimum Gasteiger partial charge on any atom is -0.507 e. The Bertz CT molecular complexity index is 1030. The van der Waals surface area contributed by atoms with Crippen LogP contribution in [0.5, 0.6) is 0 Å². The lowest BCUT2D eigenvalue weighted by molar-refractivity contribution is -0.140. The van der Waals surface area contributed by atoms with E-state index in [1.54, 1.807) is 6.07 Å². The summed E-state index contributed by atoms with van der Waals surface area (Å²) >= 11 is 0. The highest BCUT2D eigenvalue weighted by Gasteiger charge is 2.45. The summed E-state index contributed by atoms with van der Waals surface area (Å²) in [6.45, 7) is 12.6. The van der Waals surface area contributed by atoms with Gasteiger partial charge in [-0.05, 0) is 61.9 Å². The normalized spacial score (nSPS) is 18.2. The lowest BCUT2D eigenvalue weighted by atomic mass is 9.92. The molecule has 2 aromatic carbocycles. The number of aliphatic hydroxyl groups is 1. The Labute approximate surface area is 190 Å². The van der Waals surface area contributed by atoms with Crippen LogP contribution in [0.2, 0.25) is 0 Å². The summed E-state index contributed by atoms with van der Waals surface area (Å²) < 4.78 is 5.65. The van der Waals surface area contributed by atoms with Crippen LogP contribution >= 0.6 is 0 Å². The van der Waals surface area contributed by atoms with Crippen molar-refractivity contribution < 1.29 is 19.4 Å². The second-order valence-electron chi connectivity index (χ2n) is 9.03. The van der Waals surface area contributed by atoms with Gasteiger partial charge in [0.1, 0.15) is 5.76 Å². The molecule has 0 bridgehead atoms. The van der Waals surface area contributed by atoms with Crippen LogP contribution in [-0.4, -0.2) is 41.0 Å². The SMILES string of the molecule is Cc1ccc(/C(O)=C2/C(=O)C(=O)N(CCOC(C)C)C2c2ccc(C(C)C)cc2)cc1C. The van der Waals surface area contributed by atoms with E-state index < -0.39 is 17.7 Å². The molecule has 5 nitrogen and oxygen atoms in total. The third-order valence-corrected chi connectivity index (χ3v) is 6.02. The molecule has 3 rings (SSSR count). The van der Waals surface area contributed by atoms with Gasteiger partial charge in [-0.3, -0.25) is 9.59 Å². The fourth-order valence-corrected chi connectivity index (χ4v) is 3.95. The van der Waals surface area contributed by atoms with Gasteiger partial charge >= 0.3 is 0 Å². The highest BCUT2D eigenvalue weighted by atomic mass is 16.5. The first kappa shape index (κ1) is 23.7. The van der Waals surface area contributed by atoms with Crippen LogP contribution in [0.1, 0.15) is 67.5 Å². The Morgan fingerprint density at radius 3 is 2.22 bits per heavy atom. The molecule has 2 aromatic rings. The number of carbonyl (C=O) groups is 2. The van der Waals surface area contributed by atoms with E-state index in [1.807, 2.05) is 64.1 Å². The number of nitrogens with zero attached hydrogens (tertiary/aromatic N) is 1. The number of hydrogen-bond acceptors (Lipinski definition) is 4. The zero-order valence-electron chi connectivity index (χ0n) is 19.8. The number of likely N-dealkylation sites (tertiary alicyclic amines) is 1. The van der Waals surface area contributed by atoms with Crippen LogP contribution in [0, 0.1) is 13.8 Å². The number of amides is 1. The van der Waals surface area contributed by atoms with E-state index in [4.69, 9.17) is 4.74 Å². The smallest absolute Gasteiger partial charge is 0.295 e. The van der Waals surface area contributed by atoms with Crippen molar-refractivity contribution >= 4 is 17.4 Å². The molecule has 1 unspecified atom stereocenters. The van der Waals surface area contributed by atoms with Crippen LogP contribution in [0.4, 0.5) is 0 Å². The Balaban J connectivity index is 2.10. The lowest BCUT2D eigenvalue weighted by Crippen LogP contribution is -2.33.